The Morgan fingerprint density at radius 3 is 2.88 bits per heavy atom. The Labute approximate surface area is 95.9 Å². The molecule has 0 aliphatic rings. The highest BCUT2D eigenvalue weighted by atomic mass is 35.5. The molecule has 6 heteroatoms. The average Bonchev–Trinajstić information content (AvgIpc) is 2.56. The predicted molar refractivity (Wildman–Crippen MR) is 58.3 cm³/mol. The van der Waals surface area contributed by atoms with Crippen molar-refractivity contribution < 1.29 is 15.0 Å². The van der Waals surface area contributed by atoms with Crippen LogP contribution in [0.5, 0.6) is 0 Å². The third kappa shape index (κ3) is 1.87. The zero-order valence-electron chi connectivity index (χ0n) is 8.22. The van der Waals surface area contributed by atoms with Crippen molar-refractivity contribution in [3.05, 3.63) is 29.2 Å². The molecule has 0 aromatic carbocycles. The van der Waals surface area contributed by atoms with Crippen LogP contribution in [0.15, 0.2) is 18.3 Å². The number of carbonyl (C=O) groups is 1. The van der Waals surface area contributed by atoms with Gasteiger partial charge in [-0.25, -0.2) is 4.98 Å². The summed E-state index contributed by atoms with van der Waals surface area (Å²) in [5.74, 6) is -0.972. The maximum Gasteiger partial charge on any atom is 0.323 e. The highest BCUT2D eigenvalue weighted by Crippen LogP contribution is 2.21. The van der Waals surface area contributed by atoms with Crippen molar-refractivity contribution in [1.82, 2.24) is 9.55 Å². The Morgan fingerprint density at radius 2 is 2.25 bits per heavy atom. The lowest BCUT2D eigenvalue weighted by atomic mass is 10.3. The fraction of sp³-hybridized carbons (Fsp3) is 0.200. The van der Waals surface area contributed by atoms with E-state index in [-0.39, 0.29) is 13.2 Å². The van der Waals surface area contributed by atoms with Crippen LogP contribution < -0.4 is 0 Å². The van der Waals surface area contributed by atoms with Crippen LogP contribution in [0.3, 0.4) is 0 Å². The van der Waals surface area contributed by atoms with Crippen molar-refractivity contribution in [2.45, 2.75) is 13.2 Å². The molecule has 2 aromatic rings. The Bertz CT molecular complexity index is 550. The number of aliphatic hydroxyl groups is 1. The lowest BCUT2D eigenvalue weighted by Gasteiger charge is -2.05. The summed E-state index contributed by atoms with van der Waals surface area (Å²) in [6.07, 6.45) is 1.55. The SMILES string of the molecule is O=C(O)Cn1c(CO)cc2cnc(Cl)cc21. The van der Waals surface area contributed by atoms with Gasteiger partial charge in [0.25, 0.3) is 0 Å². The first-order chi connectivity index (χ1) is 7.61. The Balaban J connectivity index is 2.65. The average molecular weight is 241 g/mol. The standard InChI is InChI=1S/C10H9ClN2O3/c11-9-2-8-6(3-12-9)1-7(5-14)13(8)4-10(15)16/h1-3,14H,4-5H2,(H,15,16). The van der Waals surface area contributed by atoms with Gasteiger partial charge in [0.1, 0.15) is 11.7 Å². The number of carboxylic acids is 1. The topological polar surface area (TPSA) is 75.3 Å². The summed E-state index contributed by atoms with van der Waals surface area (Å²) in [4.78, 5) is 14.6. The molecule has 2 heterocycles. The monoisotopic (exact) mass is 240 g/mol. The molecule has 5 nitrogen and oxygen atoms in total. The van der Waals surface area contributed by atoms with Gasteiger partial charge >= 0.3 is 5.97 Å². The van der Waals surface area contributed by atoms with E-state index in [1.54, 1.807) is 18.3 Å². The molecule has 0 saturated heterocycles. The Hall–Kier alpha value is -1.59. The van der Waals surface area contributed by atoms with Crippen LogP contribution in [0.2, 0.25) is 5.15 Å². The zero-order valence-corrected chi connectivity index (χ0v) is 8.98. The van der Waals surface area contributed by atoms with E-state index in [1.807, 2.05) is 0 Å². The number of aliphatic hydroxyl groups excluding tert-OH is 1. The molecule has 2 aromatic heterocycles. The smallest absolute Gasteiger partial charge is 0.323 e. The maximum absolute atomic E-state index is 10.7. The summed E-state index contributed by atoms with van der Waals surface area (Å²) in [6, 6.07) is 3.28. The number of fused-ring (bicyclic) bond motifs is 1. The van der Waals surface area contributed by atoms with Gasteiger partial charge in [0, 0.05) is 17.3 Å². The Morgan fingerprint density at radius 1 is 1.50 bits per heavy atom. The summed E-state index contributed by atoms with van der Waals surface area (Å²) in [5, 5.41) is 19.0. The first-order valence-corrected chi connectivity index (χ1v) is 4.96. The van der Waals surface area contributed by atoms with E-state index < -0.39 is 5.97 Å². The number of halogens is 1. The third-order valence-corrected chi connectivity index (χ3v) is 2.50. The molecule has 0 aliphatic carbocycles. The molecule has 0 radical (unpaired) electrons. The van der Waals surface area contributed by atoms with Crippen molar-refractivity contribution >= 4 is 28.5 Å². The van der Waals surface area contributed by atoms with Gasteiger partial charge in [0.05, 0.1) is 12.1 Å². The second-order valence-corrected chi connectivity index (χ2v) is 3.73. The first kappa shape index (κ1) is 10.9. The third-order valence-electron chi connectivity index (χ3n) is 2.29. The molecule has 0 saturated carbocycles. The zero-order chi connectivity index (χ0) is 11.7. The summed E-state index contributed by atoms with van der Waals surface area (Å²) in [6.45, 7) is -0.431. The number of aliphatic carboxylic acids is 1. The van der Waals surface area contributed by atoms with E-state index in [9.17, 15) is 4.79 Å². The van der Waals surface area contributed by atoms with Crippen LogP contribution >= 0.6 is 11.6 Å². The first-order valence-electron chi connectivity index (χ1n) is 4.58. The lowest BCUT2D eigenvalue weighted by Crippen LogP contribution is -2.11. The quantitative estimate of drug-likeness (QED) is 0.793. The van der Waals surface area contributed by atoms with Crippen molar-refractivity contribution in [3.8, 4) is 0 Å². The van der Waals surface area contributed by atoms with Gasteiger partial charge in [-0.05, 0) is 12.1 Å². The van der Waals surface area contributed by atoms with Crippen LogP contribution in [0.1, 0.15) is 5.69 Å². The summed E-state index contributed by atoms with van der Waals surface area (Å²) >= 11 is 5.75. The number of aromatic nitrogens is 2. The van der Waals surface area contributed by atoms with Crippen molar-refractivity contribution in [1.29, 1.82) is 0 Å². The molecule has 2 N–H and O–H groups in total. The number of carboxylic acid groups (broad SMARTS) is 1. The minimum absolute atomic E-state index is 0.209. The van der Waals surface area contributed by atoms with E-state index in [2.05, 4.69) is 4.98 Å². The van der Waals surface area contributed by atoms with Crippen molar-refractivity contribution in [2.75, 3.05) is 0 Å². The minimum Gasteiger partial charge on any atom is -0.480 e. The van der Waals surface area contributed by atoms with Gasteiger partial charge in [-0.15, -0.1) is 0 Å². The highest BCUT2D eigenvalue weighted by molar-refractivity contribution is 6.30. The fourth-order valence-electron chi connectivity index (χ4n) is 1.64. The normalized spacial score (nSPS) is 10.9. The molecule has 84 valence electrons. The van der Waals surface area contributed by atoms with E-state index in [4.69, 9.17) is 21.8 Å². The van der Waals surface area contributed by atoms with Gasteiger partial charge in [0.15, 0.2) is 0 Å². The van der Waals surface area contributed by atoms with Crippen molar-refractivity contribution in [3.63, 3.8) is 0 Å². The van der Waals surface area contributed by atoms with E-state index in [0.717, 1.165) is 5.39 Å². The molecule has 0 spiro atoms. The van der Waals surface area contributed by atoms with E-state index in [1.165, 1.54) is 4.57 Å². The van der Waals surface area contributed by atoms with Gasteiger partial charge in [0.2, 0.25) is 0 Å². The molecule has 0 bridgehead atoms. The lowest BCUT2D eigenvalue weighted by molar-refractivity contribution is -0.137. The molecule has 0 amide bonds. The van der Waals surface area contributed by atoms with E-state index >= 15 is 0 Å². The van der Waals surface area contributed by atoms with Gasteiger partial charge < -0.3 is 14.8 Å². The number of nitrogens with zero attached hydrogens (tertiary/aromatic N) is 2. The molecule has 2 rings (SSSR count). The second kappa shape index (κ2) is 4.11. The largest absolute Gasteiger partial charge is 0.480 e. The molecule has 0 aliphatic heterocycles. The predicted octanol–water partition coefficient (Wildman–Crippen LogP) is 1.27. The van der Waals surface area contributed by atoms with Gasteiger partial charge in [-0.1, -0.05) is 11.6 Å². The van der Waals surface area contributed by atoms with Crippen LogP contribution in [0, 0.1) is 0 Å². The van der Waals surface area contributed by atoms with Crippen LogP contribution in [-0.4, -0.2) is 25.7 Å². The van der Waals surface area contributed by atoms with Crippen LogP contribution in [-0.2, 0) is 17.9 Å². The van der Waals surface area contributed by atoms with Gasteiger partial charge in [-0.3, -0.25) is 4.79 Å². The number of rotatable bonds is 3. The molecule has 0 fully saturated rings. The van der Waals surface area contributed by atoms with Crippen LogP contribution in [0.4, 0.5) is 0 Å². The molecular weight excluding hydrogens is 232 g/mol. The number of hydrogen-bond donors (Lipinski definition) is 2. The fourth-order valence-corrected chi connectivity index (χ4v) is 1.79. The van der Waals surface area contributed by atoms with Crippen molar-refractivity contribution in [2.24, 2.45) is 0 Å². The highest BCUT2D eigenvalue weighted by Gasteiger charge is 2.11. The molecule has 0 atom stereocenters. The summed E-state index contributed by atoms with van der Waals surface area (Å²) in [5.41, 5.74) is 1.19. The molecule has 0 unspecified atom stereocenters. The summed E-state index contributed by atoms with van der Waals surface area (Å²) in [7, 11) is 0. The summed E-state index contributed by atoms with van der Waals surface area (Å²) < 4.78 is 1.51. The Kier molecular flexibility index (Phi) is 2.80. The number of pyridine rings is 1. The second-order valence-electron chi connectivity index (χ2n) is 3.34. The van der Waals surface area contributed by atoms with E-state index in [0.29, 0.717) is 16.4 Å². The number of hydrogen-bond acceptors (Lipinski definition) is 3. The molecule has 16 heavy (non-hydrogen) atoms. The maximum atomic E-state index is 10.7. The van der Waals surface area contributed by atoms with Gasteiger partial charge in [-0.2, -0.15) is 0 Å². The molecular formula is C10H9ClN2O3. The van der Waals surface area contributed by atoms with Crippen LogP contribution in [0.25, 0.3) is 10.9 Å². The minimum atomic E-state index is -0.972.